The smallest absolute Gasteiger partial charge is 0.179 e. The normalized spacial score (nSPS) is 16.0. The van der Waals surface area contributed by atoms with Crippen LogP contribution in [0.3, 0.4) is 0 Å². The summed E-state index contributed by atoms with van der Waals surface area (Å²) >= 11 is 12.0. The number of pyridine rings is 1. The maximum Gasteiger partial charge on any atom is 0.179 e. The number of halogens is 2. The Labute approximate surface area is 150 Å². The van der Waals surface area contributed by atoms with Crippen LogP contribution in [-0.2, 0) is 0 Å². The van der Waals surface area contributed by atoms with Crippen LogP contribution in [0.4, 0.5) is 5.69 Å². The first kappa shape index (κ1) is 15.7. The monoisotopic (exact) mass is 361 g/mol. The van der Waals surface area contributed by atoms with E-state index in [4.69, 9.17) is 23.2 Å². The minimum atomic E-state index is 0.271. The fraction of sp³-hybridized carbons (Fsp3) is 0.294. The number of nitrogens with zero attached hydrogens (tertiary/aromatic N) is 4. The second kappa shape index (κ2) is 6.24. The van der Waals surface area contributed by atoms with Gasteiger partial charge in [0.25, 0.3) is 0 Å². The summed E-state index contributed by atoms with van der Waals surface area (Å²) in [7, 11) is 2.16. The molecule has 1 saturated heterocycles. The number of rotatable bonds is 2. The van der Waals surface area contributed by atoms with E-state index >= 15 is 0 Å². The topological polar surface area (TPSA) is 48.1 Å². The number of likely N-dealkylation sites (N-methyl/N-ethyl adjacent to an activating group) is 1. The van der Waals surface area contributed by atoms with Crippen LogP contribution in [0.25, 0.3) is 22.6 Å². The van der Waals surface area contributed by atoms with Gasteiger partial charge in [0, 0.05) is 37.4 Å². The summed E-state index contributed by atoms with van der Waals surface area (Å²) in [6, 6.07) is 10.2. The lowest BCUT2D eigenvalue weighted by atomic mass is 10.1. The molecule has 0 aliphatic carbocycles. The Morgan fingerprint density at radius 1 is 1.00 bits per heavy atom. The zero-order valence-electron chi connectivity index (χ0n) is 13.3. The summed E-state index contributed by atoms with van der Waals surface area (Å²) in [5, 5.41) is 0.692. The van der Waals surface area contributed by atoms with E-state index in [9.17, 15) is 0 Å². The molecular weight excluding hydrogens is 345 g/mol. The molecular formula is C17H17Cl2N5. The number of fused-ring (bicyclic) bond motifs is 1. The van der Waals surface area contributed by atoms with Crippen LogP contribution in [0.2, 0.25) is 10.2 Å². The van der Waals surface area contributed by atoms with Crippen LogP contribution in [0.1, 0.15) is 0 Å². The predicted molar refractivity (Wildman–Crippen MR) is 99.1 cm³/mol. The first-order valence-corrected chi connectivity index (χ1v) is 8.61. The molecule has 0 bridgehead atoms. The second-order valence-electron chi connectivity index (χ2n) is 6.05. The maximum atomic E-state index is 6.01. The van der Waals surface area contributed by atoms with E-state index in [1.54, 1.807) is 6.07 Å². The molecule has 0 atom stereocenters. The number of hydrogen-bond acceptors (Lipinski definition) is 4. The molecule has 0 amide bonds. The molecule has 0 saturated carbocycles. The molecule has 4 rings (SSSR count). The van der Waals surface area contributed by atoms with Crippen LogP contribution in [-0.4, -0.2) is 53.1 Å². The van der Waals surface area contributed by atoms with Crippen molar-refractivity contribution in [2.45, 2.75) is 0 Å². The van der Waals surface area contributed by atoms with Crippen LogP contribution < -0.4 is 4.90 Å². The second-order valence-corrected chi connectivity index (χ2v) is 6.82. The van der Waals surface area contributed by atoms with Crippen molar-refractivity contribution in [2.75, 3.05) is 38.1 Å². The molecule has 2 aromatic heterocycles. The summed E-state index contributed by atoms with van der Waals surface area (Å²) in [6.07, 6.45) is 0. The van der Waals surface area contributed by atoms with E-state index in [0.717, 1.165) is 43.1 Å². The minimum absolute atomic E-state index is 0.271. The van der Waals surface area contributed by atoms with Crippen molar-refractivity contribution < 1.29 is 0 Å². The molecule has 0 spiro atoms. The summed E-state index contributed by atoms with van der Waals surface area (Å²) in [5.41, 5.74) is 3.61. The van der Waals surface area contributed by atoms with Crippen molar-refractivity contribution in [1.82, 2.24) is 19.9 Å². The first-order valence-electron chi connectivity index (χ1n) is 7.86. The van der Waals surface area contributed by atoms with Gasteiger partial charge in [-0.25, -0.2) is 9.97 Å². The van der Waals surface area contributed by atoms with Crippen molar-refractivity contribution in [2.24, 2.45) is 0 Å². The van der Waals surface area contributed by atoms with Gasteiger partial charge in [0.15, 0.2) is 5.65 Å². The Morgan fingerprint density at radius 2 is 1.71 bits per heavy atom. The van der Waals surface area contributed by atoms with Gasteiger partial charge in [-0.15, -0.1) is 0 Å². The number of imidazole rings is 1. The number of H-pyrrole nitrogens is 1. The van der Waals surface area contributed by atoms with E-state index < -0.39 is 0 Å². The number of piperazine rings is 1. The molecule has 1 fully saturated rings. The van der Waals surface area contributed by atoms with Crippen molar-refractivity contribution in [3.05, 3.63) is 40.5 Å². The van der Waals surface area contributed by atoms with E-state index in [1.165, 1.54) is 5.69 Å². The van der Waals surface area contributed by atoms with Crippen molar-refractivity contribution in [1.29, 1.82) is 0 Å². The predicted octanol–water partition coefficient (Wildman–Crippen LogP) is 3.68. The summed E-state index contributed by atoms with van der Waals surface area (Å²) < 4.78 is 0. The molecule has 7 heteroatoms. The molecule has 1 aromatic carbocycles. The average molecular weight is 362 g/mol. The fourth-order valence-corrected chi connectivity index (χ4v) is 3.21. The number of aromatic nitrogens is 3. The van der Waals surface area contributed by atoms with Crippen molar-refractivity contribution in [3.63, 3.8) is 0 Å². The van der Waals surface area contributed by atoms with Gasteiger partial charge >= 0.3 is 0 Å². The Balaban J connectivity index is 1.60. The van der Waals surface area contributed by atoms with Gasteiger partial charge in [0.1, 0.15) is 11.0 Å². The van der Waals surface area contributed by atoms with Gasteiger partial charge in [-0.05, 0) is 37.4 Å². The van der Waals surface area contributed by atoms with Crippen LogP contribution >= 0.6 is 23.2 Å². The molecule has 1 N–H and O–H groups in total. The van der Waals surface area contributed by atoms with Crippen molar-refractivity contribution >= 4 is 40.1 Å². The zero-order valence-corrected chi connectivity index (χ0v) is 14.8. The number of aromatic amines is 1. The Kier molecular flexibility index (Phi) is 4.08. The lowest BCUT2D eigenvalue weighted by Gasteiger charge is -2.34. The molecule has 0 radical (unpaired) electrons. The lowest BCUT2D eigenvalue weighted by molar-refractivity contribution is 0.313. The van der Waals surface area contributed by atoms with E-state index in [2.05, 4.69) is 56.1 Å². The van der Waals surface area contributed by atoms with E-state index in [0.29, 0.717) is 10.7 Å². The lowest BCUT2D eigenvalue weighted by Crippen LogP contribution is -2.44. The van der Waals surface area contributed by atoms with Crippen LogP contribution in [0, 0.1) is 0 Å². The van der Waals surface area contributed by atoms with Gasteiger partial charge in [0.2, 0.25) is 0 Å². The quantitative estimate of drug-likeness (QED) is 0.707. The minimum Gasteiger partial charge on any atom is -0.369 e. The third kappa shape index (κ3) is 2.95. The highest BCUT2D eigenvalue weighted by molar-refractivity contribution is 6.41. The summed E-state index contributed by atoms with van der Waals surface area (Å²) in [4.78, 5) is 16.7. The largest absolute Gasteiger partial charge is 0.369 e. The maximum absolute atomic E-state index is 6.01. The average Bonchev–Trinajstić information content (AvgIpc) is 2.99. The molecule has 3 heterocycles. The highest BCUT2D eigenvalue weighted by atomic mass is 35.5. The molecule has 1 aliphatic rings. The molecule has 0 unspecified atom stereocenters. The summed E-state index contributed by atoms with van der Waals surface area (Å²) in [5.74, 6) is 0.765. The highest BCUT2D eigenvalue weighted by Gasteiger charge is 2.15. The third-order valence-corrected chi connectivity index (χ3v) is 5.07. The number of hydrogen-bond donors (Lipinski definition) is 1. The van der Waals surface area contributed by atoms with Gasteiger partial charge in [0.05, 0.1) is 10.5 Å². The zero-order chi connectivity index (χ0) is 16.7. The van der Waals surface area contributed by atoms with Gasteiger partial charge in [-0.3, -0.25) is 0 Å². The highest BCUT2D eigenvalue weighted by Crippen LogP contribution is 2.27. The van der Waals surface area contributed by atoms with Crippen molar-refractivity contribution in [3.8, 4) is 11.4 Å². The van der Waals surface area contributed by atoms with Gasteiger partial charge < -0.3 is 14.8 Å². The molecule has 3 aromatic rings. The fourth-order valence-electron chi connectivity index (χ4n) is 2.93. The number of anilines is 1. The number of benzene rings is 1. The first-order chi connectivity index (χ1) is 11.6. The van der Waals surface area contributed by atoms with Gasteiger partial charge in [-0.2, -0.15) is 0 Å². The molecule has 24 heavy (non-hydrogen) atoms. The Bertz CT molecular complexity index is 828. The van der Waals surface area contributed by atoms with Gasteiger partial charge in [-0.1, -0.05) is 23.2 Å². The van der Waals surface area contributed by atoms with E-state index in [-0.39, 0.29) is 5.15 Å². The Hall–Kier alpha value is -1.82. The van der Waals surface area contributed by atoms with Crippen LogP contribution in [0.5, 0.6) is 0 Å². The van der Waals surface area contributed by atoms with Crippen LogP contribution in [0.15, 0.2) is 30.3 Å². The molecule has 5 nitrogen and oxygen atoms in total. The SMILES string of the molecule is CN1CCN(c2ccc(-c3nc4nc(Cl)c(Cl)cc4[nH]3)cc2)CC1. The third-order valence-electron chi connectivity index (χ3n) is 4.39. The standard InChI is InChI=1S/C17H17Cl2N5/c1-23-6-8-24(9-7-23)12-4-2-11(3-5-12)16-20-14-10-13(18)15(19)21-17(14)22-16/h2-5,10H,6-9H2,1H3,(H,20,21,22). The molecule has 124 valence electrons. The molecule has 1 aliphatic heterocycles. The summed E-state index contributed by atoms with van der Waals surface area (Å²) in [6.45, 7) is 4.31. The van der Waals surface area contributed by atoms with E-state index in [1.807, 2.05) is 0 Å². The Morgan fingerprint density at radius 3 is 2.42 bits per heavy atom. The number of nitrogens with one attached hydrogen (secondary N) is 1.